The highest BCUT2D eigenvalue weighted by molar-refractivity contribution is 7.90. The molecule has 0 radical (unpaired) electrons. The van der Waals surface area contributed by atoms with Crippen molar-refractivity contribution in [1.29, 1.82) is 0 Å². The van der Waals surface area contributed by atoms with Gasteiger partial charge in [-0.1, -0.05) is 23.7 Å². The van der Waals surface area contributed by atoms with Gasteiger partial charge < -0.3 is 10.1 Å². The van der Waals surface area contributed by atoms with Gasteiger partial charge in [0, 0.05) is 36.6 Å². The molecular formula is C23H25ClN2O3S. The summed E-state index contributed by atoms with van der Waals surface area (Å²) in [6, 6.07) is 13.4. The number of nitrogens with one attached hydrogen (secondary N) is 1. The van der Waals surface area contributed by atoms with Crippen molar-refractivity contribution in [2.45, 2.75) is 49.3 Å². The molecule has 0 amide bonds. The van der Waals surface area contributed by atoms with Gasteiger partial charge in [-0.3, -0.25) is 4.98 Å². The third-order valence-corrected chi connectivity index (χ3v) is 7.03. The van der Waals surface area contributed by atoms with E-state index >= 15 is 0 Å². The highest BCUT2D eigenvalue weighted by atomic mass is 35.5. The van der Waals surface area contributed by atoms with E-state index in [9.17, 15) is 8.42 Å². The molecule has 1 fully saturated rings. The molecule has 0 atom stereocenters. The topological polar surface area (TPSA) is 68.3 Å². The van der Waals surface area contributed by atoms with Crippen LogP contribution in [-0.2, 0) is 16.4 Å². The highest BCUT2D eigenvalue weighted by Gasteiger charge is 2.23. The summed E-state index contributed by atoms with van der Waals surface area (Å²) in [5, 5.41) is 6.27. The predicted octanol–water partition coefficient (Wildman–Crippen LogP) is 4.77. The maximum atomic E-state index is 11.6. The number of ether oxygens (including phenoxy) is 1. The number of benzene rings is 2. The molecule has 1 aromatic heterocycles. The zero-order valence-electron chi connectivity index (χ0n) is 16.8. The van der Waals surface area contributed by atoms with E-state index in [1.54, 1.807) is 24.5 Å². The number of nitrogens with zero attached hydrogens (tertiary/aromatic N) is 1. The summed E-state index contributed by atoms with van der Waals surface area (Å²) in [5.74, 6) is 0.734. The second-order valence-corrected chi connectivity index (χ2v) is 10.3. The number of pyridine rings is 1. The standard InChI is InChI=1S/C23H25ClN2O3S/c1-30(27,28)21-8-2-16(3-9-21)14-26-19-4-6-20(7-5-19)29-23-13-17-10-11-25-15-18(17)12-22(23)24/h2-3,8-13,15,19-20,26H,4-7,14H2,1H3/t19-,20-. The van der Waals surface area contributed by atoms with Crippen LogP contribution in [0.15, 0.2) is 59.8 Å². The van der Waals surface area contributed by atoms with Crippen LogP contribution in [0.2, 0.25) is 5.02 Å². The van der Waals surface area contributed by atoms with E-state index in [0.29, 0.717) is 16.0 Å². The summed E-state index contributed by atoms with van der Waals surface area (Å²) in [6.45, 7) is 0.727. The lowest BCUT2D eigenvalue weighted by Crippen LogP contribution is -2.36. The van der Waals surface area contributed by atoms with Crippen LogP contribution in [0.1, 0.15) is 31.2 Å². The zero-order valence-corrected chi connectivity index (χ0v) is 18.4. The molecule has 30 heavy (non-hydrogen) atoms. The Labute approximate surface area is 182 Å². The third-order valence-electron chi connectivity index (χ3n) is 5.61. The van der Waals surface area contributed by atoms with Crippen LogP contribution in [0, 0.1) is 0 Å². The van der Waals surface area contributed by atoms with Crippen LogP contribution in [-0.4, -0.2) is 31.8 Å². The number of sulfone groups is 1. The fourth-order valence-electron chi connectivity index (χ4n) is 3.86. The van der Waals surface area contributed by atoms with E-state index in [-0.39, 0.29) is 6.10 Å². The minimum Gasteiger partial charge on any atom is -0.489 e. The Morgan fingerprint density at radius 3 is 2.50 bits per heavy atom. The molecule has 1 aliphatic rings. The number of fused-ring (bicyclic) bond motifs is 1. The van der Waals surface area contributed by atoms with Gasteiger partial charge in [-0.15, -0.1) is 0 Å². The number of aromatic nitrogens is 1. The van der Waals surface area contributed by atoms with Gasteiger partial charge in [0.05, 0.1) is 16.0 Å². The molecule has 0 unspecified atom stereocenters. The predicted molar refractivity (Wildman–Crippen MR) is 120 cm³/mol. The number of halogens is 1. The van der Waals surface area contributed by atoms with Crippen molar-refractivity contribution >= 4 is 32.2 Å². The molecule has 0 saturated heterocycles. The van der Waals surface area contributed by atoms with Crippen LogP contribution < -0.4 is 10.1 Å². The van der Waals surface area contributed by atoms with Gasteiger partial charge in [0.2, 0.25) is 0 Å². The molecule has 5 nitrogen and oxygen atoms in total. The first-order chi connectivity index (χ1) is 14.4. The summed E-state index contributed by atoms with van der Waals surface area (Å²) in [6.07, 6.45) is 8.95. The molecule has 158 valence electrons. The van der Waals surface area contributed by atoms with Crippen LogP contribution in [0.25, 0.3) is 10.8 Å². The molecule has 1 heterocycles. The Morgan fingerprint density at radius 2 is 1.80 bits per heavy atom. The van der Waals surface area contributed by atoms with Crippen LogP contribution in [0.3, 0.4) is 0 Å². The normalized spacial score (nSPS) is 19.7. The van der Waals surface area contributed by atoms with E-state index in [1.165, 1.54) is 6.26 Å². The largest absolute Gasteiger partial charge is 0.489 e. The lowest BCUT2D eigenvalue weighted by molar-refractivity contribution is 0.139. The summed E-state index contributed by atoms with van der Waals surface area (Å²) in [7, 11) is -3.15. The van der Waals surface area contributed by atoms with Crippen molar-refractivity contribution < 1.29 is 13.2 Å². The van der Waals surface area contributed by atoms with Crippen molar-refractivity contribution in [2.75, 3.05) is 6.26 Å². The molecule has 0 aliphatic heterocycles. The van der Waals surface area contributed by atoms with Crippen molar-refractivity contribution in [3.05, 3.63) is 65.4 Å². The highest BCUT2D eigenvalue weighted by Crippen LogP contribution is 2.33. The molecule has 1 saturated carbocycles. The van der Waals surface area contributed by atoms with E-state index < -0.39 is 9.84 Å². The van der Waals surface area contributed by atoms with Gasteiger partial charge in [-0.2, -0.15) is 0 Å². The average Bonchev–Trinajstić information content (AvgIpc) is 2.73. The molecule has 0 spiro atoms. The van der Waals surface area contributed by atoms with Gasteiger partial charge in [0.15, 0.2) is 9.84 Å². The van der Waals surface area contributed by atoms with Gasteiger partial charge in [0.1, 0.15) is 5.75 Å². The molecule has 0 bridgehead atoms. The lowest BCUT2D eigenvalue weighted by Gasteiger charge is -2.30. The Kier molecular flexibility index (Phi) is 6.27. The Bertz CT molecular complexity index is 1120. The molecular weight excluding hydrogens is 420 g/mol. The zero-order chi connectivity index (χ0) is 21.1. The van der Waals surface area contributed by atoms with Gasteiger partial charge in [0.25, 0.3) is 0 Å². The summed E-state index contributed by atoms with van der Waals surface area (Å²) in [5.41, 5.74) is 1.08. The number of rotatable bonds is 6. The maximum absolute atomic E-state index is 11.6. The maximum Gasteiger partial charge on any atom is 0.175 e. The Morgan fingerprint density at radius 1 is 1.07 bits per heavy atom. The molecule has 7 heteroatoms. The van der Waals surface area contributed by atoms with Gasteiger partial charge >= 0.3 is 0 Å². The Balaban J connectivity index is 1.28. The average molecular weight is 445 g/mol. The van der Waals surface area contributed by atoms with Crippen molar-refractivity contribution in [3.8, 4) is 5.75 Å². The first kappa shape index (κ1) is 21.1. The van der Waals surface area contributed by atoms with Gasteiger partial charge in [-0.05, 0) is 67.0 Å². The number of hydrogen-bond donors (Lipinski definition) is 1. The van der Waals surface area contributed by atoms with Gasteiger partial charge in [-0.25, -0.2) is 8.42 Å². The molecule has 2 aromatic carbocycles. The first-order valence-electron chi connectivity index (χ1n) is 10.1. The number of hydrogen-bond acceptors (Lipinski definition) is 5. The second-order valence-electron chi connectivity index (χ2n) is 7.89. The molecule has 3 aromatic rings. The summed E-state index contributed by atoms with van der Waals surface area (Å²) in [4.78, 5) is 4.48. The minimum absolute atomic E-state index is 0.161. The van der Waals surface area contributed by atoms with Crippen molar-refractivity contribution in [2.24, 2.45) is 0 Å². The van der Waals surface area contributed by atoms with Crippen LogP contribution >= 0.6 is 11.6 Å². The van der Waals surface area contributed by atoms with E-state index in [0.717, 1.165) is 54.3 Å². The molecule has 4 rings (SSSR count). The van der Waals surface area contributed by atoms with Crippen molar-refractivity contribution in [1.82, 2.24) is 10.3 Å². The minimum atomic E-state index is -3.15. The molecule has 1 N–H and O–H groups in total. The summed E-state index contributed by atoms with van der Waals surface area (Å²) >= 11 is 6.41. The van der Waals surface area contributed by atoms with Crippen LogP contribution in [0.5, 0.6) is 5.75 Å². The van der Waals surface area contributed by atoms with E-state index in [4.69, 9.17) is 16.3 Å². The first-order valence-corrected chi connectivity index (χ1v) is 12.4. The van der Waals surface area contributed by atoms with E-state index in [2.05, 4.69) is 10.3 Å². The molecule has 1 aliphatic carbocycles. The van der Waals surface area contributed by atoms with Crippen LogP contribution in [0.4, 0.5) is 0 Å². The smallest absolute Gasteiger partial charge is 0.175 e. The fourth-order valence-corrected chi connectivity index (χ4v) is 4.71. The monoisotopic (exact) mass is 444 g/mol. The SMILES string of the molecule is CS(=O)(=O)c1ccc(CN[C@H]2CC[C@H](Oc3cc4ccncc4cc3Cl)CC2)cc1. The van der Waals surface area contributed by atoms with Crippen molar-refractivity contribution in [3.63, 3.8) is 0 Å². The lowest BCUT2D eigenvalue weighted by atomic mass is 9.92. The fraction of sp³-hybridized carbons (Fsp3) is 0.348. The van der Waals surface area contributed by atoms with E-state index in [1.807, 2.05) is 30.3 Å². The second kappa shape index (κ2) is 8.92. The Hall–Kier alpha value is -2.15. The third kappa shape index (κ3) is 5.12. The quantitative estimate of drug-likeness (QED) is 0.593. The summed E-state index contributed by atoms with van der Waals surface area (Å²) < 4.78 is 29.3.